The quantitative estimate of drug-likeness (QED) is 0.387. The molecule has 178 valence electrons. The molecular formula is C25H21ClN4O5. The summed E-state index contributed by atoms with van der Waals surface area (Å²) in [5, 5.41) is 13.2. The highest BCUT2D eigenvalue weighted by atomic mass is 35.5. The molecule has 2 aliphatic rings. The Kier molecular flexibility index (Phi) is 5.41. The second kappa shape index (κ2) is 8.74. The van der Waals surface area contributed by atoms with Gasteiger partial charge in [0.1, 0.15) is 17.0 Å². The Morgan fingerprint density at radius 2 is 1.97 bits per heavy atom. The molecule has 0 spiro atoms. The molecule has 2 aromatic carbocycles. The monoisotopic (exact) mass is 492 g/mol. The van der Waals surface area contributed by atoms with Gasteiger partial charge < -0.3 is 23.3 Å². The van der Waals surface area contributed by atoms with Crippen molar-refractivity contribution >= 4 is 17.5 Å². The van der Waals surface area contributed by atoms with Gasteiger partial charge in [0.15, 0.2) is 11.5 Å². The van der Waals surface area contributed by atoms with E-state index in [-0.39, 0.29) is 18.6 Å². The molecule has 4 aromatic rings. The van der Waals surface area contributed by atoms with Crippen LogP contribution in [0.15, 0.2) is 51.4 Å². The number of piperidine rings is 1. The molecule has 0 saturated carbocycles. The van der Waals surface area contributed by atoms with E-state index in [2.05, 4.69) is 15.4 Å². The van der Waals surface area contributed by atoms with E-state index >= 15 is 0 Å². The average Bonchev–Trinajstić information content (AvgIpc) is 3.63. The van der Waals surface area contributed by atoms with Gasteiger partial charge in [0, 0.05) is 24.2 Å². The molecule has 10 heteroatoms. The van der Waals surface area contributed by atoms with Crippen LogP contribution in [0.3, 0.4) is 0 Å². The molecule has 1 fully saturated rings. The molecule has 0 radical (unpaired) electrons. The molecule has 1 unspecified atom stereocenters. The topological polar surface area (TPSA) is 104 Å². The number of hydrogen-bond donors (Lipinski definition) is 0. The number of carbonyl (C=O) groups excluding carboxylic acids is 1. The average molecular weight is 493 g/mol. The fraction of sp³-hybridized carbons (Fsp3) is 0.280. The van der Waals surface area contributed by atoms with Crippen molar-refractivity contribution < 1.29 is 23.2 Å². The predicted octanol–water partition coefficient (Wildman–Crippen LogP) is 5.10. The highest BCUT2D eigenvalue weighted by Gasteiger charge is 2.33. The fourth-order valence-electron chi connectivity index (χ4n) is 4.53. The van der Waals surface area contributed by atoms with Gasteiger partial charge in [-0.05, 0) is 44.0 Å². The van der Waals surface area contributed by atoms with Crippen molar-refractivity contribution in [3.05, 3.63) is 64.7 Å². The second-order valence-electron chi connectivity index (χ2n) is 8.55. The van der Waals surface area contributed by atoms with Gasteiger partial charge in [0.05, 0.1) is 10.9 Å². The van der Waals surface area contributed by atoms with Crippen molar-refractivity contribution in [1.82, 2.24) is 20.3 Å². The molecule has 0 bridgehead atoms. The van der Waals surface area contributed by atoms with Crippen LogP contribution in [0.25, 0.3) is 22.7 Å². The standard InChI is InChI=1S/C25H21ClN4O5/c1-14-21(22(29-35-14)17-6-2-3-7-18(17)26)25(31)30-10-4-5-16(12-30)24-28-27-23(34-24)15-8-9-19-20(11-15)33-13-32-19/h2-3,6-9,11,16H,4-5,10,12-13H2,1H3. The highest BCUT2D eigenvalue weighted by Crippen LogP contribution is 2.37. The number of nitrogens with zero attached hydrogens (tertiary/aromatic N) is 4. The maximum atomic E-state index is 13.6. The lowest BCUT2D eigenvalue weighted by molar-refractivity contribution is 0.0697. The number of benzene rings is 2. The SMILES string of the molecule is Cc1onc(-c2ccccc2Cl)c1C(=O)N1CCCC(c2nnc(-c3ccc4c(c3)OCO4)o2)C1. The molecule has 1 amide bonds. The first kappa shape index (κ1) is 21.7. The molecule has 1 saturated heterocycles. The van der Waals surface area contributed by atoms with E-state index in [1.165, 1.54) is 0 Å². The summed E-state index contributed by atoms with van der Waals surface area (Å²) in [6.07, 6.45) is 1.65. The summed E-state index contributed by atoms with van der Waals surface area (Å²) in [5.41, 5.74) is 2.28. The number of carbonyl (C=O) groups is 1. The van der Waals surface area contributed by atoms with Crippen LogP contribution >= 0.6 is 11.6 Å². The third kappa shape index (κ3) is 3.91. The molecule has 0 N–H and O–H groups in total. The van der Waals surface area contributed by atoms with Crippen molar-refractivity contribution in [2.24, 2.45) is 0 Å². The van der Waals surface area contributed by atoms with Gasteiger partial charge in [-0.1, -0.05) is 35.0 Å². The smallest absolute Gasteiger partial charge is 0.259 e. The molecule has 1 atom stereocenters. The first-order chi connectivity index (χ1) is 17.1. The number of aryl methyl sites for hydroxylation is 1. The van der Waals surface area contributed by atoms with E-state index in [0.717, 1.165) is 18.4 Å². The van der Waals surface area contributed by atoms with Gasteiger partial charge in [0.25, 0.3) is 5.91 Å². The van der Waals surface area contributed by atoms with Gasteiger partial charge in [-0.15, -0.1) is 10.2 Å². The van der Waals surface area contributed by atoms with Gasteiger partial charge in [0.2, 0.25) is 18.6 Å². The van der Waals surface area contributed by atoms with Crippen LogP contribution in [0.2, 0.25) is 5.02 Å². The van der Waals surface area contributed by atoms with E-state index in [9.17, 15) is 4.79 Å². The van der Waals surface area contributed by atoms with Crippen LogP contribution in [-0.4, -0.2) is 46.0 Å². The van der Waals surface area contributed by atoms with Gasteiger partial charge in [-0.3, -0.25) is 4.79 Å². The normalized spacial score (nSPS) is 17.1. The van der Waals surface area contributed by atoms with E-state index in [4.69, 9.17) is 30.0 Å². The zero-order chi connectivity index (χ0) is 23.9. The molecule has 2 aromatic heterocycles. The molecule has 35 heavy (non-hydrogen) atoms. The summed E-state index contributed by atoms with van der Waals surface area (Å²) in [6, 6.07) is 12.8. The van der Waals surface area contributed by atoms with E-state index in [1.807, 2.05) is 36.4 Å². The zero-order valence-electron chi connectivity index (χ0n) is 18.9. The van der Waals surface area contributed by atoms with Crippen molar-refractivity contribution in [2.45, 2.75) is 25.7 Å². The minimum atomic E-state index is -0.154. The third-order valence-corrected chi connectivity index (χ3v) is 6.65. The molecule has 4 heterocycles. The van der Waals surface area contributed by atoms with E-state index in [1.54, 1.807) is 17.9 Å². The first-order valence-corrected chi connectivity index (χ1v) is 11.7. The minimum Gasteiger partial charge on any atom is -0.454 e. The number of amides is 1. The Morgan fingerprint density at radius 3 is 2.86 bits per heavy atom. The van der Waals surface area contributed by atoms with Crippen LogP contribution in [0, 0.1) is 6.92 Å². The van der Waals surface area contributed by atoms with Crippen LogP contribution in [0.4, 0.5) is 0 Å². The maximum Gasteiger partial charge on any atom is 0.259 e. The van der Waals surface area contributed by atoms with Crippen LogP contribution in [0.5, 0.6) is 11.5 Å². The molecule has 6 rings (SSSR count). The Labute approximate surface area is 205 Å². The van der Waals surface area contributed by atoms with Crippen LogP contribution in [-0.2, 0) is 0 Å². The number of likely N-dealkylation sites (tertiary alicyclic amines) is 1. The lowest BCUT2D eigenvalue weighted by Gasteiger charge is -2.31. The molecule has 2 aliphatic heterocycles. The van der Waals surface area contributed by atoms with Gasteiger partial charge in [-0.25, -0.2) is 0 Å². The number of halogens is 1. The summed E-state index contributed by atoms with van der Waals surface area (Å²) in [6.45, 7) is 3.00. The number of aromatic nitrogens is 3. The minimum absolute atomic E-state index is 0.0770. The van der Waals surface area contributed by atoms with Crippen molar-refractivity contribution in [3.63, 3.8) is 0 Å². The summed E-state index contributed by atoms with van der Waals surface area (Å²) in [4.78, 5) is 15.4. The molecular weight excluding hydrogens is 472 g/mol. The van der Waals surface area contributed by atoms with Crippen LogP contribution in [0.1, 0.15) is 40.8 Å². The molecule has 0 aliphatic carbocycles. The predicted molar refractivity (Wildman–Crippen MR) is 125 cm³/mol. The number of ether oxygens (including phenoxy) is 2. The first-order valence-electron chi connectivity index (χ1n) is 11.3. The number of fused-ring (bicyclic) bond motifs is 1. The summed E-state index contributed by atoms with van der Waals surface area (Å²) >= 11 is 6.37. The second-order valence-corrected chi connectivity index (χ2v) is 8.95. The Hall–Kier alpha value is -3.85. The van der Waals surface area contributed by atoms with E-state index in [0.29, 0.717) is 64.0 Å². The summed E-state index contributed by atoms with van der Waals surface area (Å²) in [5.74, 6) is 2.46. The Balaban J connectivity index is 1.23. The Bertz CT molecular complexity index is 1410. The zero-order valence-corrected chi connectivity index (χ0v) is 19.6. The van der Waals surface area contributed by atoms with E-state index < -0.39 is 0 Å². The third-order valence-electron chi connectivity index (χ3n) is 6.32. The summed E-state index contributed by atoms with van der Waals surface area (Å²) < 4.78 is 22.2. The number of rotatable bonds is 4. The summed E-state index contributed by atoms with van der Waals surface area (Å²) in [7, 11) is 0. The Morgan fingerprint density at radius 1 is 1.11 bits per heavy atom. The lowest BCUT2D eigenvalue weighted by Crippen LogP contribution is -2.39. The highest BCUT2D eigenvalue weighted by molar-refractivity contribution is 6.33. The largest absolute Gasteiger partial charge is 0.454 e. The van der Waals surface area contributed by atoms with Crippen molar-refractivity contribution in [2.75, 3.05) is 19.9 Å². The molecule has 9 nitrogen and oxygen atoms in total. The number of hydrogen-bond acceptors (Lipinski definition) is 8. The van der Waals surface area contributed by atoms with Crippen molar-refractivity contribution in [1.29, 1.82) is 0 Å². The van der Waals surface area contributed by atoms with Crippen LogP contribution < -0.4 is 9.47 Å². The van der Waals surface area contributed by atoms with Gasteiger partial charge in [-0.2, -0.15) is 0 Å². The van der Waals surface area contributed by atoms with Crippen molar-refractivity contribution in [3.8, 4) is 34.2 Å². The fourth-order valence-corrected chi connectivity index (χ4v) is 4.75. The maximum absolute atomic E-state index is 13.6. The lowest BCUT2D eigenvalue weighted by atomic mass is 9.96. The van der Waals surface area contributed by atoms with Gasteiger partial charge >= 0.3 is 0 Å².